The van der Waals surface area contributed by atoms with Crippen molar-refractivity contribution in [3.05, 3.63) is 42.6 Å². The monoisotopic (exact) mass is 315 g/mol. The van der Waals surface area contributed by atoms with Gasteiger partial charge in [-0.25, -0.2) is 4.68 Å². The van der Waals surface area contributed by atoms with E-state index in [-0.39, 0.29) is 12.0 Å². The zero-order chi connectivity index (χ0) is 16.1. The lowest BCUT2D eigenvalue weighted by atomic mass is 10.2. The molecule has 1 fully saturated rings. The maximum atomic E-state index is 12.1. The second-order valence-corrected chi connectivity index (χ2v) is 5.57. The van der Waals surface area contributed by atoms with Gasteiger partial charge in [0, 0.05) is 25.4 Å². The Labute approximate surface area is 135 Å². The first-order valence-corrected chi connectivity index (χ1v) is 7.89. The highest BCUT2D eigenvalue weighted by Crippen LogP contribution is 2.13. The third-order valence-electron chi connectivity index (χ3n) is 3.78. The number of carbonyl (C=O) groups excluding carboxylic acids is 1. The van der Waals surface area contributed by atoms with E-state index in [9.17, 15) is 4.79 Å². The lowest BCUT2D eigenvalue weighted by molar-refractivity contribution is -0.127. The maximum absolute atomic E-state index is 12.1. The second kappa shape index (κ2) is 7.28. The second-order valence-electron chi connectivity index (χ2n) is 5.57. The molecule has 0 bridgehead atoms. The van der Waals surface area contributed by atoms with Gasteiger partial charge in [0.05, 0.1) is 11.8 Å². The summed E-state index contributed by atoms with van der Waals surface area (Å²) in [6.45, 7) is 3.03. The van der Waals surface area contributed by atoms with Crippen molar-refractivity contribution < 1.29 is 14.3 Å². The van der Waals surface area contributed by atoms with Gasteiger partial charge in [-0.05, 0) is 31.9 Å². The largest absolute Gasteiger partial charge is 0.463 e. The number of hydrogen-bond acceptors (Lipinski definition) is 4. The van der Waals surface area contributed by atoms with E-state index in [0.29, 0.717) is 12.4 Å². The van der Waals surface area contributed by atoms with Crippen molar-refractivity contribution in [1.82, 2.24) is 15.1 Å². The number of carbonyl (C=O) groups is 1. The molecular formula is C17H21N3O3. The van der Waals surface area contributed by atoms with E-state index in [1.165, 1.54) is 0 Å². The molecule has 1 saturated heterocycles. The first kappa shape index (κ1) is 15.6. The normalized spacial score (nSPS) is 18.6. The minimum Gasteiger partial charge on any atom is -0.463 e. The Morgan fingerprint density at radius 2 is 2.26 bits per heavy atom. The molecule has 0 spiro atoms. The van der Waals surface area contributed by atoms with Crippen LogP contribution in [0.3, 0.4) is 0 Å². The van der Waals surface area contributed by atoms with Crippen LogP contribution in [0.25, 0.3) is 5.69 Å². The minimum atomic E-state index is -0.601. The van der Waals surface area contributed by atoms with Crippen LogP contribution in [-0.4, -0.2) is 41.0 Å². The van der Waals surface area contributed by atoms with Gasteiger partial charge in [-0.15, -0.1) is 5.10 Å². The number of benzene rings is 1. The summed E-state index contributed by atoms with van der Waals surface area (Å²) in [5.74, 6) is 0.267. The summed E-state index contributed by atoms with van der Waals surface area (Å²) >= 11 is 0. The topological polar surface area (TPSA) is 65.4 Å². The highest BCUT2D eigenvalue weighted by Gasteiger charge is 2.20. The van der Waals surface area contributed by atoms with E-state index in [1.54, 1.807) is 17.7 Å². The number of hydrogen-bond donors (Lipinski definition) is 1. The third-order valence-corrected chi connectivity index (χ3v) is 3.78. The lowest BCUT2D eigenvalue weighted by Crippen LogP contribution is -2.40. The van der Waals surface area contributed by atoms with Gasteiger partial charge >= 0.3 is 0 Å². The van der Waals surface area contributed by atoms with Gasteiger partial charge in [-0.1, -0.05) is 18.2 Å². The van der Waals surface area contributed by atoms with Crippen molar-refractivity contribution in [2.75, 3.05) is 13.2 Å². The van der Waals surface area contributed by atoms with Crippen LogP contribution in [0.1, 0.15) is 19.8 Å². The van der Waals surface area contributed by atoms with E-state index in [0.717, 1.165) is 25.1 Å². The fourth-order valence-corrected chi connectivity index (χ4v) is 2.49. The molecule has 2 heterocycles. The summed E-state index contributed by atoms with van der Waals surface area (Å²) in [7, 11) is 0. The number of aromatic nitrogens is 2. The van der Waals surface area contributed by atoms with Crippen molar-refractivity contribution in [3.63, 3.8) is 0 Å². The molecule has 6 heteroatoms. The molecule has 6 nitrogen and oxygen atoms in total. The Hall–Kier alpha value is -2.34. The fraction of sp³-hybridized carbons (Fsp3) is 0.412. The summed E-state index contributed by atoms with van der Waals surface area (Å²) in [5, 5.41) is 7.19. The number of ether oxygens (including phenoxy) is 2. The molecule has 1 aliphatic heterocycles. The van der Waals surface area contributed by atoms with Crippen LogP contribution in [0.15, 0.2) is 42.6 Å². The summed E-state index contributed by atoms with van der Waals surface area (Å²) in [6, 6.07) is 11.5. The number of para-hydroxylation sites is 1. The summed E-state index contributed by atoms with van der Waals surface area (Å²) in [5.41, 5.74) is 0.942. The molecule has 0 unspecified atom stereocenters. The Balaban J connectivity index is 1.52. The van der Waals surface area contributed by atoms with Crippen LogP contribution in [0, 0.1) is 0 Å². The predicted octanol–water partition coefficient (Wildman–Crippen LogP) is 1.93. The van der Waals surface area contributed by atoms with Crippen molar-refractivity contribution >= 4 is 5.91 Å². The molecule has 1 amide bonds. The molecule has 0 saturated carbocycles. The van der Waals surface area contributed by atoms with Crippen LogP contribution < -0.4 is 10.1 Å². The van der Waals surface area contributed by atoms with Crippen molar-refractivity contribution in [2.45, 2.75) is 32.0 Å². The van der Waals surface area contributed by atoms with Gasteiger partial charge in [0.2, 0.25) is 5.88 Å². The molecular weight excluding hydrogens is 294 g/mol. The zero-order valence-corrected chi connectivity index (χ0v) is 13.1. The minimum absolute atomic E-state index is 0.128. The van der Waals surface area contributed by atoms with Crippen molar-refractivity contribution in [3.8, 4) is 11.6 Å². The van der Waals surface area contributed by atoms with Gasteiger partial charge in [0.1, 0.15) is 0 Å². The molecule has 2 aromatic rings. The molecule has 23 heavy (non-hydrogen) atoms. The van der Waals surface area contributed by atoms with Crippen molar-refractivity contribution in [2.24, 2.45) is 0 Å². The average Bonchev–Trinajstić information content (AvgIpc) is 3.25. The number of nitrogens with zero attached hydrogens (tertiary/aromatic N) is 2. The van der Waals surface area contributed by atoms with Crippen LogP contribution in [0.4, 0.5) is 0 Å². The van der Waals surface area contributed by atoms with Crippen LogP contribution in [-0.2, 0) is 9.53 Å². The van der Waals surface area contributed by atoms with Gasteiger partial charge < -0.3 is 14.8 Å². The number of amides is 1. The van der Waals surface area contributed by atoms with E-state index < -0.39 is 6.10 Å². The van der Waals surface area contributed by atoms with E-state index in [1.807, 2.05) is 36.5 Å². The standard InChI is InChI=1S/C17H21N3O3/c1-13(17(21)18-12-15-8-5-11-22-15)23-16-9-10-20(19-16)14-6-3-2-4-7-14/h2-4,6-7,9-10,13,15H,5,8,11-12H2,1H3,(H,18,21)/t13-,15-/m0/s1. The van der Waals surface area contributed by atoms with Gasteiger partial charge in [-0.2, -0.15) is 0 Å². The average molecular weight is 315 g/mol. The maximum Gasteiger partial charge on any atom is 0.260 e. The van der Waals surface area contributed by atoms with Crippen LogP contribution in [0.5, 0.6) is 5.88 Å². The molecule has 3 rings (SSSR count). The number of nitrogens with one attached hydrogen (secondary N) is 1. The van der Waals surface area contributed by atoms with Crippen molar-refractivity contribution in [1.29, 1.82) is 0 Å². The first-order valence-electron chi connectivity index (χ1n) is 7.89. The summed E-state index contributed by atoms with van der Waals surface area (Å²) in [6.07, 6.45) is 3.39. The fourth-order valence-electron chi connectivity index (χ4n) is 2.49. The Kier molecular flexibility index (Phi) is 4.92. The lowest BCUT2D eigenvalue weighted by Gasteiger charge is -2.15. The molecule has 1 aromatic heterocycles. The highest BCUT2D eigenvalue weighted by atomic mass is 16.5. The zero-order valence-electron chi connectivity index (χ0n) is 13.1. The highest BCUT2D eigenvalue weighted by molar-refractivity contribution is 5.80. The van der Waals surface area contributed by atoms with Gasteiger partial charge in [0.25, 0.3) is 5.91 Å². The molecule has 0 aliphatic carbocycles. The molecule has 2 atom stereocenters. The SMILES string of the molecule is C[C@H](Oc1ccn(-c2ccccc2)n1)C(=O)NC[C@@H]1CCCO1. The quantitative estimate of drug-likeness (QED) is 0.885. The Bertz CT molecular complexity index is 636. The smallest absolute Gasteiger partial charge is 0.260 e. The molecule has 1 N–H and O–H groups in total. The molecule has 122 valence electrons. The van der Waals surface area contributed by atoms with E-state index in [4.69, 9.17) is 9.47 Å². The molecule has 1 aromatic carbocycles. The van der Waals surface area contributed by atoms with Crippen LogP contribution >= 0.6 is 0 Å². The van der Waals surface area contributed by atoms with Gasteiger partial charge in [0.15, 0.2) is 6.10 Å². The van der Waals surface area contributed by atoms with E-state index >= 15 is 0 Å². The first-order chi connectivity index (χ1) is 11.2. The Morgan fingerprint density at radius 1 is 1.43 bits per heavy atom. The van der Waals surface area contributed by atoms with Gasteiger partial charge in [-0.3, -0.25) is 4.79 Å². The summed E-state index contributed by atoms with van der Waals surface area (Å²) in [4.78, 5) is 12.1. The predicted molar refractivity (Wildman–Crippen MR) is 85.6 cm³/mol. The Morgan fingerprint density at radius 3 is 3.00 bits per heavy atom. The number of rotatable bonds is 6. The third kappa shape index (κ3) is 4.10. The van der Waals surface area contributed by atoms with E-state index in [2.05, 4.69) is 10.4 Å². The molecule has 1 aliphatic rings. The molecule has 0 radical (unpaired) electrons. The summed E-state index contributed by atoms with van der Waals surface area (Å²) < 4.78 is 12.8. The van der Waals surface area contributed by atoms with Crippen LogP contribution in [0.2, 0.25) is 0 Å².